The van der Waals surface area contributed by atoms with E-state index in [1.807, 2.05) is 0 Å². The summed E-state index contributed by atoms with van der Waals surface area (Å²) in [4.78, 5) is 0. The Kier molecular flexibility index (Phi) is 6.82. The van der Waals surface area contributed by atoms with Gasteiger partial charge in [0.2, 0.25) is 0 Å². The predicted molar refractivity (Wildman–Crippen MR) is 48.1 cm³/mol. The molecule has 0 aliphatic carbocycles. The highest BCUT2D eigenvalue weighted by Gasteiger charge is 1.94. The van der Waals surface area contributed by atoms with Crippen LogP contribution in [0.3, 0.4) is 0 Å². The van der Waals surface area contributed by atoms with E-state index in [-0.39, 0.29) is 0 Å². The summed E-state index contributed by atoms with van der Waals surface area (Å²) in [5.41, 5.74) is 1.32. The summed E-state index contributed by atoms with van der Waals surface area (Å²) in [6, 6.07) is 2.10. The second-order valence-electron chi connectivity index (χ2n) is 2.79. The average molecular weight is 151 g/mol. The number of nitrogens with zero attached hydrogens (tertiary/aromatic N) is 1. The zero-order valence-electron chi connectivity index (χ0n) is 7.56. The Morgan fingerprint density at radius 3 is 2.45 bits per heavy atom. The number of unbranched alkanes of at least 4 members (excludes halogenated alkanes) is 1. The second kappa shape index (κ2) is 7.34. The van der Waals surface area contributed by atoms with Crippen LogP contribution in [0.15, 0.2) is 11.6 Å². The molecule has 0 N–H and O–H groups in total. The lowest BCUT2D eigenvalue weighted by atomic mass is 10.0. The molecule has 0 amide bonds. The summed E-state index contributed by atoms with van der Waals surface area (Å²) >= 11 is 0. The highest BCUT2D eigenvalue weighted by molar-refractivity contribution is 5.13. The van der Waals surface area contributed by atoms with Gasteiger partial charge in [-0.25, -0.2) is 0 Å². The smallest absolute Gasteiger partial charge is 0.0911 e. The Balaban J connectivity index is 3.72. The second-order valence-corrected chi connectivity index (χ2v) is 2.79. The highest BCUT2D eigenvalue weighted by Crippen LogP contribution is 2.12. The third kappa shape index (κ3) is 5.66. The van der Waals surface area contributed by atoms with Crippen LogP contribution < -0.4 is 0 Å². The predicted octanol–water partition coefficient (Wildman–Crippen LogP) is 3.43. The van der Waals surface area contributed by atoms with Crippen molar-refractivity contribution in [1.29, 1.82) is 5.26 Å². The lowest BCUT2D eigenvalue weighted by molar-refractivity contribution is 0.743. The van der Waals surface area contributed by atoms with Crippen molar-refractivity contribution in [2.45, 2.75) is 46.0 Å². The quantitative estimate of drug-likeness (QED) is 0.552. The van der Waals surface area contributed by atoms with Gasteiger partial charge in [-0.15, -0.1) is 0 Å². The Labute approximate surface area is 69.7 Å². The van der Waals surface area contributed by atoms with Gasteiger partial charge < -0.3 is 0 Å². The van der Waals surface area contributed by atoms with Crippen molar-refractivity contribution in [2.75, 3.05) is 0 Å². The average Bonchev–Trinajstić information content (AvgIpc) is 2.01. The topological polar surface area (TPSA) is 23.8 Å². The van der Waals surface area contributed by atoms with Gasteiger partial charge in [-0.2, -0.15) is 5.26 Å². The van der Waals surface area contributed by atoms with Gasteiger partial charge in [0.1, 0.15) is 0 Å². The van der Waals surface area contributed by atoms with Crippen molar-refractivity contribution in [3.63, 3.8) is 0 Å². The van der Waals surface area contributed by atoms with Gasteiger partial charge in [-0.3, -0.25) is 0 Å². The van der Waals surface area contributed by atoms with Crippen molar-refractivity contribution >= 4 is 0 Å². The van der Waals surface area contributed by atoms with Crippen LogP contribution in [-0.2, 0) is 0 Å². The van der Waals surface area contributed by atoms with Gasteiger partial charge in [0.25, 0.3) is 0 Å². The molecular formula is C10H17N. The maximum Gasteiger partial charge on any atom is 0.0911 e. The number of rotatable bonds is 5. The molecule has 0 saturated carbocycles. The Morgan fingerprint density at radius 1 is 1.27 bits per heavy atom. The first kappa shape index (κ1) is 10.2. The zero-order chi connectivity index (χ0) is 8.53. The van der Waals surface area contributed by atoms with Crippen LogP contribution in [0.25, 0.3) is 0 Å². The van der Waals surface area contributed by atoms with Crippen LogP contribution in [0.2, 0.25) is 0 Å². The summed E-state index contributed by atoms with van der Waals surface area (Å²) in [6.45, 7) is 4.33. The fourth-order valence-electron chi connectivity index (χ4n) is 1.09. The molecule has 0 radical (unpaired) electrons. The minimum atomic E-state index is 1.09. The van der Waals surface area contributed by atoms with E-state index < -0.39 is 0 Å². The molecule has 0 aliphatic heterocycles. The molecule has 0 spiro atoms. The molecule has 0 bridgehead atoms. The lowest BCUT2D eigenvalue weighted by Gasteiger charge is -2.01. The number of nitriles is 1. The molecule has 62 valence electrons. The van der Waals surface area contributed by atoms with Gasteiger partial charge >= 0.3 is 0 Å². The monoisotopic (exact) mass is 151 g/mol. The van der Waals surface area contributed by atoms with Gasteiger partial charge in [0.05, 0.1) is 6.07 Å². The molecule has 1 heteroatoms. The largest absolute Gasteiger partial charge is 0.193 e. The van der Waals surface area contributed by atoms with Gasteiger partial charge in [0.15, 0.2) is 0 Å². The molecule has 0 atom stereocenters. The maximum atomic E-state index is 8.44. The first-order valence-electron chi connectivity index (χ1n) is 4.42. The van der Waals surface area contributed by atoms with Crippen LogP contribution in [0, 0.1) is 11.3 Å². The first-order chi connectivity index (χ1) is 5.35. The molecule has 11 heavy (non-hydrogen) atoms. The van der Waals surface area contributed by atoms with Gasteiger partial charge in [0, 0.05) is 6.08 Å². The van der Waals surface area contributed by atoms with Gasteiger partial charge in [-0.1, -0.05) is 32.3 Å². The molecule has 0 aromatic rings. The van der Waals surface area contributed by atoms with E-state index in [1.54, 1.807) is 6.08 Å². The summed E-state index contributed by atoms with van der Waals surface area (Å²) < 4.78 is 0. The van der Waals surface area contributed by atoms with Crippen LogP contribution in [0.5, 0.6) is 0 Å². The Bertz CT molecular complexity index is 151. The van der Waals surface area contributed by atoms with E-state index in [1.165, 1.54) is 18.4 Å². The lowest BCUT2D eigenvalue weighted by Crippen LogP contribution is -1.82. The zero-order valence-corrected chi connectivity index (χ0v) is 7.56. The van der Waals surface area contributed by atoms with Crippen LogP contribution >= 0.6 is 0 Å². The molecular weight excluding hydrogens is 134 g/mol. The van der Waals surface area contributed by atoms with E-state index in [4.69, 9.17) is 5.26 Å². The van der Waals surface area contributed by atoms with Crippen molar-refractivity contribution in [2.24, 2.45) is 0 Å². The number of allylic oxidation sites excluding steroid dienone is 2. The molecule has 1 nitrogen and oxygen atoms in total. The van der Waals surface area contributed by atoms with E-state index in [9.17, 15) is 0 Å². The summed E-state index contributed by atoms with van der Waals surface area (Å²) in [6.07, 6.45) is 7.49. The molecule has 0 fully saturated rings. The molecule has 0 heterocycles. The van der Waals surface area contributed by atoms with E-state index in [2.05, 4.69) is 19.9 Å². The van der Waals surface area contributed by atoms with Crippen LogP contribution in [-0.4, -0.2) is 0 Å². The normalized spacial score (nSPS) is 11.2. The minimum Gasteiger partial charge on any atom is -0.193 e. The first-order valence-corrected chi connectivity index (χ1v) is 4.42. The molecule has 0 unspecified atom stereocenters. The molecule has 0 aliphatic rings. The molecule has 0 rings (SSSR count). The Morgan fingerprint density at radius 2 is 2.00 bits per heavy atom. The summed E-state index contributed by atoms with van der Waals surface area (Å²) in [5.74, 6) is 0. The highest BCUT2D eigenvalue weighted by atomic mass is 14.2. The van der Waals surface area contributed by atoms with Crippen molar-refractivity contribution in [3.05, 3.63) is 11.6 Å². The van der Waals surface area contributed by atoms with Crippen LogP contribution in [0.4, 0.5) is 0 Å². The molecule has 0 aromatic carbocycles. The van der Waals surface area contributed by atoms with Crippen LogP contribution in [0.1, 0.15) is 46.0 Å². The Hall–Kier alpha value is -0.770. The van der Waals surface area contributed by atoms with E-state index in [0.29, 0.717) is 0 Å². The third-order valence-electron chi connectivity index (χ3n) is 1.69. The fourth-order valence-corrected chi connectivity index (χ4v) is 1.09. The number of hydrogen-bond donors (Lipinski definition) is 0. The number of hydrogen-bond acceptors (Lipinski definition) is 1. The fraction of sp³-hybridized carbons (Fsp3) is 0.700. The minimum absolute atomic E-state index is 1.09. The standard InChI is InChI=1S/C10H17N/c1-3-5-7-10(6-4-2)8-9-11/h8H,3-7H2,1-2H3/b10-8-. The summed E-state index contributed by atoms with van der Waals surface area (Å²) in [7, 11) is 0. The third-order valence-corrected chi connectivity index (χ3v) is 1.69. The SMILES string of the molecule is CCCC/C(=C\C#N)CCC. The molecule has 0 aromatic heterocycles. The van der Waals surface area contributed by atoms with Crippen molar-refractivity contribution < 1.29 is 0 Å². The van der Waals surface area contributed by atoms with E-state index >= 15 is 0 Å². The molecule has 0 saturated heterocycles. The maximum absolute atomic E-state index is 8.44. The summed E-state index contributed by atoms with van der Waals surface area (Å²) in [5, 5.41) is 8.44. The van der Waals surface area contributed by atoms with Crippen molar-refractivity contribution in [1.82, 2.24) is 0 Å². The van der Waals surface area contributed by atoms with Gasteiger partial charge in [-0.05, 0) is 19.3 Å². The van der Waals surface area contributed by atoms with Crippen molar-refractivity contribution in [3.8, 4) is 6.07 Å². The van der Waals surface area contributed by atoms with E-state index in [0.717, 1.165) is 19.3 Å².